The zero-order valence-corrected chi connectivity index (χ0v) is 11.3. The second kappa shape index (κ2) is 6.17. The maximum absolute atomic E-state index is 10.1. The Balaban J connectivity index is 1.92. The summed E-state index contributed by atoms with van der Waals surface area (Å²) in [6, 6.07) is 1.22. The molecule has 0 bridgehead atoms. The lowest BCUT2D eigenvalue weighted by Gasteiger charge is -2.35. The molecule has 0 spiro atoms. The number of methoxy groups -OCH3 is 1. The lowest BCUT2D eigenvalue weighted by Crippen LogP contribution is -2.44. The zero-order chi connectivity index (χ0) is 12.3. The Morgan fingerprint density at radius 3 is 2.76 bits per heavy atom. The molecule has 1 saturated heterocycles. The van der Waals surface area contributed by atoms with Gasteiger partial charge in [-0.25, -0.2) is 0 Å². The summed E-state index contributed by atoms with van der Waals surface area (Å²) in [5.41, 5.74) is 0. The molecule has 2 fully saturated rings. The summed E-state index contributed by atoms with van der Waals surface area (Å²) in [4.78, 5) is 2.62. The van der Waals surface area contributed by atoms with Crippen LogP contribution in [0.3, 0.4) is 0 Å². The standard InChI is InChI=1S/C14H27NO2/c1-11(8-10-17-2)15-9-4-6-13(15)12-5-3-7-14(12)16/h11-14,16H,3-10H2,1-2H3. The molecule has 4 atom stereocenters. The van der Waals surface area contributed by atoms with Gasteiger partial charge in [0.15, 0.2) is 0 Å². The molecule has 0 amide bonds. The van der Waals surface area contributed by atoms with Gasteiger partial charge in [-0.2, -0.15) is 0 Å². The molecule has 0 aromatic rings. The van der Waals surface area contributed by atoms with Crippen molar-refractivity contribution in [3.8, 4) is 0 Å². The van der Waals surface area contributed by atoms with Crippen molar-refractivity contribution in [1.29, 1.82) is 0 Å². The number of aliphatic hydroxyl groups excluding tert-OH is 1. The number of rotatable bonds is 5. The van der Waals surface area contributed by atoms with Crippen LogP contribution in [-0.2, 0) is 4.74 Å². The predicted octanol–water partition coefficient (Wildman–Crippen LogP) is 2.04. The molecule has 1 heterocycles. The lowest BCUT2D eigenvalue weighted by molar-refractivity contribution is 0.0512. The molecule has 0 radical (unpaired) electrons. The van der Waals surface area contributed by atoms with E-state index in [2.05, 4.69) is 11.8 Å². The Kier molecular flexibility index (Phi) is 4.83. The van der Waals surface area contributed by atoms with Crippen LogP contribution in [-0.4, -0.2) is 48.5 Å². The molecular weight excluding hydrogens is 214 g/mol. The lowest BCUT2D eigenvalue weighted by atomic mass is 9.93. The van der Waals surface area contributed by atoms with Crippen LogP contribution in [0.15, 0.2) is 0 Å². The molecule has 1 N–H and O–H groups in total. The summed E-state index contributed by atoms with van der Waals surface area (Å²) in [6.07, 6.45) is 7.08. The Morgan fingerprint density at radius 1 is 1.29 bits per heavy atom. The van der Waals surface area contributed by atoms with E-state index in [1.54, 1.807) is 7.11 Å². The molecule has 3 nitrogen and oxygen atoms in total. The van der Waals surface area contributed by atoms with Gasteiger partial charge in [0.05, 0.1) is 6.10 Å². The van der Waals surface area contributed by atoms with Gasteiger partial charge in [0.25, 0.3) is 0 Å². The maximum atomic E-state index is 10.1. The van der Waals surface area contributed by atoms with Crippen molar-refractivity contribution < 1.29 is 9.84 Å². The van der Waals surface area contributed by atoms with Crippen LogP contribution in [0.1, 0.15) is 45.4 Å². The summed E-state index contributed by atoms with van der Waals surface area (Å²) in [6.45, 7) is 4.36. The van der Waals surface area contributed by atoms with Gasteiger partial charge in [-0.1, -0.05) is 6.42 Å². The third kappa shape index (κ3) is 3.01. The number of hydrogen-bond acceptors (Lipinski definition) is 3. The largest absolute Gasteiger partial charge is 0.393 e. The molecule has 4 unspecified atom stereocenters. The summed E-state index contributed by atoms with van der Waals surface area (Å²) in [5, 5.41) is 10.1. The second-order valence-electron chi connectivity index (χ2n) is 5.74. The first-order chi connectivity index (χ1) is 8.24. The number of aliphatic hydroxyl groups is 1. The first kappa shape index (κ1) is 13.3. The summed E-state index contributed by atoms with van der Waals surface area (Å²) >= 11 is 0. The van der Waals surface area contributed by atoms with Gasteiger partial charge in [-0.15, -0.1) is 0 Å². The fourth-order valence-electron chi connectivity index (χ4n) is 3.69. The number of likely N-dealkylation sites (tertiary alicyclic amines) is 1. The van der Waals surface area contributed by atoms with Gasteiger partial charge in [0.1, 0.15) is 0 Å². The Labute approximate surface area is 105 Å². The fourth-order valence-corrected chi connectivity index (χ4v) is 3.69. The quantitative estimate of drug-likeness (QED) is 0.799. The van der Waals surface area contributed by atoms with Crippen molar-refractivity contribution in [1.82, 2.24) is 4.90 Å². The molecule has 17 heavy (non-hydrogen) atoms. The smallest absolute Gasteiger partial charge is 0.0583 e. The van der Waals surface area contributed by atoms with Crippen molar-refractivity contribution in [3.05, 3.63) is 0 Å². The second-order valence-corrected chi connectivity index (χ2v) is 5.74. The van der Waals surface area contributed by atoms with E-state index >= 15 is 0 Å². The van der Waals surface area contributed by atoms with Crippen molar-refractivity contribution in [2.45, 2.75) is 63.6 Å². The molecule has 2 rings (SSSR count). The van der Waals surface area contributed by atoms with Crippen LogP contribution < -0.4 is 0 Å². The Hall–Kier alpha value is -0.120. The third-order valence-electron chi connectivity index (χ3n) is 4.67. The molecule has 2 aliphatic rings. The Morgan fingerprint density at radius 2 is 2.12 bits per heavy atom. The number of ether oxygens (including phenoxy) is 1. The summed E-state index contributed by atoms with van der Waals surface area (Å²) < 4.78 is 5.18. The topological polar surface area (TPSA) is 32.7 Å². The summed E-state index contributed by atoms with van der Waals surface area (Å²) in [7, 11) is 1.77. The minimum absolute atomic E-state index is 0.0461. The van der Waals surface area contributed by atoms with E-state index in [1.807, 2.05) is 0 Å². The number of nitrogens with zero attached hydrogens (tertiary/aromatic N) is 1. The molecule has 3 heteroatoms. The fraction of sp³-hybridized carbons (Fsp3) is 1.00. The number of hydrogen-bond donors (Lipinski definition) is 1. The van der Waals surface area contributed by atoms with Crippen LogP contribution in [0, 0.1) is 5.92 Å². The van der Waals surface area contributed by atoms with Gasteiger partial charge >= 0.3 is 0 Å². The summed E-state index contributed by atoms with van der Waals surface area (Å²) in [5.74, 6) is 0.530. The van der Waals surface area contributed by atoms with E-state index in [-0.39, 0.29) is 6.10 Å². The molecule has 1 saturated carbocycles. The van der Waals surface area contributed by atoms with Crippen molar-refractivity contribution in [2.75, 3.05) is 20.3 Å². The minimum atomic E-state index is -0.0461. The highest BCUT2D eigenvalue weighted by Crippen LogP contribution is 2.36. The average Bonchev–Trinajstić information content (AvgIpc) is 2.93. The van der Waals surface area contributed by atoms with Crippen molar-refractivity contribution in [2.24, 2.45) is 5.92 Å². The van der Waals surface area contributed by atoms with E-state index in [0.29, 0.717) is 18.0 Å². The van der Waals surface area contributed by atoms with Crippen LogP contribution in [0.2, 0.25) is 0 Å². The van der Waals surface area contributed by atoms with E-state index in [0.717, 1.165) is 19.4 Å². The normalized spacial score (nSPS) is 36.5. The van der Waals surface area contributed by atoms with Crippen LogP contribution in [0.25, 0.3) is 0 Å². The maximum Gasteiger partial charge on any atom is 0.0583 e. The molecule has 0 aromatic carbocycles. The highest BCUT2D eigenvalue weighted by atomic mass is 16.5. The van der Waals surface area contributed by atoms with Crippen LogP contribution >= 0.6 is 0 Å². The van der Waals surface area contributed by atoms with Gasteiger partial charge in [-0.05, 0) is 45.6 Å². The van der Waals surface area contributed by atoms with Gasteiger partial charge in [-0.3, -0.25) is 4.90 Å². The highest BCUT2D eigenvalue weighted by Gasteiger charge is 2.39. The van der Waals surface area contributed by atoms with E-state index < -0.39 is 0 Å². The monoisotopic (exact) mass is 241 g/mol. The average molecular weight is 241 g/mol. The molecule has 0 aromatic heterocycles. The van der Waals surface area contributed by atoms with E-state index in [9.17, 15) is 5.11 Å². The third-order valence-corrected chi connectivity index (χ3v) is 4.67. The molecular formula is C14H27NO2. The van der Waals surface area contributed by atoms with E-state index in [1.165, 1.54) is 32.2 Å². The van der Waals surface area contributed by atoms with Crippen LogP contribution in [0.4, 0.5) is 0 Å². The minimum Gasteiger partial charge on any atom is -0.393 e. The zero-order valence-electron chi connectivity index (χ0n) is 11.3. The van der Waals surface area contributed by atoms with Gasteiger partial charge in [0.2, 0.25) is 0 Å². The first-order valence-corrected chi connectivity index (χ1v) is 7.16. The van der Waals surface area contributed by atoms with Crippen molar-refractivity contribution in [3.63, 3.8) is 0 Å². The molecule has 1 aliphatic heterocycles. The molecule has 1 aliphatic carbocycles. The van der Waals surface area contributed by atoms with Gasteiger partial charge < -0.3 is 9.84 Å². The van der Waals surface area contributed by atoms with Gasteiger partial charge in [0, 0.05) is 31.7 Å². The van der Waals surface area contributed by atoms with E-state index in [4.69, 9.17) is 4.74 Å². The molecule has 100 valence electrons. The van der Waals surface area contributed by atoms with Crippen LogP contribution in [0.5, 0.6) is 0 Å². The highest BCUT2D eigenvalue weighted by molar-refractivity contribution is 4.93. The first-order valence-electron chi connectivity index (χ1n) is 7.16. The predicted molar refractivity (Wildman–Crippen MR) is 69.0 cm³/mol. The van der Waals surface area contributed by atoms with Crippen molar-refractivity contribution >= 4 is 0 Å². The Bertz CT molecular complexity index is 234. The SMILES string of the molecule is COCCC(C)N1CCCC1C1CCCC1O.